The monoisotopic (exact) mass is 772 g/mol. The third kappa shape index (κ3) is 6.82. The van der Waals surface area contributed by atoms with Crippen molar-refractivity contribution >= 4 is 42.0 Å². The lowest BCUT2D eigenvalue weighted by Crippen LogP contribution is -2.41. The molecule has 0 fully saturated rings. The Hall–Kier alpha value is -4.45. The van der Waals surface area contributed by atoms with Gasteiger partial charge in [0.15, 0.2) is 12.0 Å². The Kier molecular flexibility index (Phi) is 10.1. The van der Waals surface area contributed by atoms with Gasteiger partial charge in [-0.25, -0.2) is 21.2 Å². The van der Waals surface area contributed by atoms with E-state index in [1.165, 1.54) is 67.6 Å². The predicted molar refractivity (Wildman–Crippen MR) is 172 cm³/mol. The number of carbonyl (C=O) groups is 2. The maximum absolute atomic E-state index is 15.6. The maximum Gasteiger partial charge on any atom is 0.416 e. The van der Waals surface area contributed by atoms with E-state index in [9.17, 15) is 39.6 Å². The molecule has 0 saturated carbocycles. The summed E-state index contributed by atoms with van der Waals surface area (Å²) in [6.07, 6.45) is -9.67. The van der Waals surface area contributed by atoms with Crippen LogP contribution in [-0.2, 0) is 39.3 Å². The van der Waals surface area contributed by atoms with E-state index in [4.69, 9.17) is 3.63 Å². The average Bonchev–Trinajstić information content (AvgIpc) is 3.09. The van der Waals surface area contributed by atoms with Crippen LogP contribution in [0.5, 0.6) is 0 Å². The number of rotatable bonds is 11. The largest absolute Gasteiger partial charge is 0.462 e. The molecule has 0 bridgehead atoms. The van der Waals surface area contributed by atoms with E-state index in [1.807, 2.05) is 0 Å². The molecule has 4 aromatic carbocycles. The highest BCUT2D eigenvalue weighted by molar-refractivity contribution is 8.33. The average molecular weight is 773 g/mol. The summed E-state index contributed by atoms with van der Waals surface area (Å²) in [6, 6.07) is 18.2. The molecule has 1 atom stereocenters. The first-order chi connectivity index (χ1) is 23.7. The number of esters is 1. The van der Waals surface area contributed by atoms with Crippen molar-refractivity contribution < 1.29 is 61.1 Å². The fourth-order valence-electron chi connectivity index (χ4n) is 5.11. The smallest absolute Gasteiger partial charge is 0.416 e. The number of fused-ring (bicyclic) bond motifs is 2. The summed E-state index contributed by atoms with van der Waals surface area (Å²) in [5.41, 5.74) is -2.93. The topological polar surface area (TPSA) is 121 Å². The summed E-state index contributed by atoms with van der Waals surface area (Å²) >= 11 is 0. The lowest BCUT2D eigenvalue weighted by Gasteiger charge is -2.40. The lowest BCUT2D eigenvalue weighted by atomic mass is 10.0. The van der Waals surface area contributed by atoms with Crippen molar-refractivity contribution in [1.29, 1.82) is 0 Å². The Bertz CT molecular complexity index is 2200. The fourth-order valence-corrected chi connectivity index (χ4v) is 12.0. The Morgan fingerprint density at radius 2 is 1.31 bits per heavy atom. The first-order valence-electron chi connectivity index (χ1n) is 14.6. The van der Waals surface area contributed by atoms with E-state index >= 15 is 13.2 Å². The Labute approximate surface area is 290 Å². The number of ketones is 1. The first kappa shape index (κ1) is 37.8. The number of hydrogen-bond acceptors (Lipinski definition) is 8. The van der Waals surface area contributed by atoms with Gasteiger partial charge in [-0.1, -0.05) is 43.0 Å². The molecule has 270 valence electrons. The van der Waals surface area contributed by atoms with Gasteiger partial charge in [0.05, 0.1) is 22.0 Å². The van der Waals surface area contributed by atoms with Gasteiger partial charge in [-0.3, -0.25) is 4.79 Å². The van der Waals surface area contributed by atoms with Crippen LogP contribution < -0.4 is 0 Å². The molecule has 1 heterocycles. The Morgan fingerprint density at radius 1 is 0.804 bits per heavy atom. The molecule has 0 N–H and O–H groups in total. The highest BCUT2D eigenvalue weighted by Crippen LogP contribution is 2.71. The number of hydrogen-bond donors (Lipinski definition) is 0. The van der Waals surface area contributed by atoms with E-state index < -0.39 is 99.1 Å². The molecule has 0 aromatic heterocycles. The molecule has 8 nitrogen and oxygen atoms in total. The summed E-state index contributed by atoms with van der Waals surface area (Å²) in [5.74, 6) is -2.21. The van der Waals surface area contributed by atoms with Crippen molar-refractivity contribution in [3.8, 4) is 0 Å². The van der Waals surface area contributed by atoms with Gasteiger partial charge >= 0.3 is 27.5 Å². The van der Waals surface area contributed by atoms with E-state index in [1.54, 1.807) is 0 Å². The molecule has 0 radical (unpaired) electrons. The van der Waals surface area contributed by atoms with E-state index in [0.29, 0.717) is 18.2 Å². The zero-order valence-corrected chi connectivity index (χ0v) is 28.6. The fraction of sp³-hybridized carbons (Fsp3) is 0.176. The first-order valence-corrected chi connectivity index (χ1v) is 19.1. The van der Waals surface area contributed by atoms with Gasteiger partial charge in [0, 0.05) is 37.8 Å². The van der Waals surface area contributed by atoms with E-state index in [2.05, 4.69) is 11.3 Å². The minimum atomic E-state index is -6.31. The van der Waals surface area contributed by atoms with Crippen LogP contribution in [-0.4, -0.2) is 46.6 Å². The van der Waals surface area contributed by atoms with Gasteiger partial charge in [-0.2, -0.15) is 30.4 Å². The highest BCUT2D eigenvalue weighted by atomic mass is 32.3. The number of sulfone groups is 1. The number of halogens is 6. The third-order valence-electron chi connectivity index (χ3n) is 7.65. The molecule has 1 aliphatic rings. The van der Waals surface area contributed by atoms with Gasteiger partial charge in [0.1, 0.15) is 0 Å². The molecule has 17 heteroatoms. The second kappa shape index (κ2) is 13.6. The van der Waals surface area contributed by atoms with Gasteiger partial charge in [-0.15, -0.1) is 0 Å². The minimum Gasteiger partial charge on any atom is -0.462 e. The Morgan fingerprint density at radius 3 is 1.82 bits per heavy atom. The molecule has 5 rings (SSSR count). The van der Waals surface area contributed by atoms with Gasteiger partial charge < -0.3 is 4.74 Å². The van der Waals surface area contributed by atoms with Crippen molar-refractivity contribution in [1.82, 2.24) is 0 Å². The normalized spacial score (nSPS) is 15.3. The SMILES string of the molecule is C=C(C)C(=O)OCCC(F)C(F)(F)S(=O)(=O)OS(c1ccccc1)(c1ccccc1)c1ccc2c(c1)C(=O)c1cc(C(F)(F)F)ccc1S2(=O)=O. The highest BCUT2D eigenvalue weighted by Gasteiger charge is 2.57. The number of ether oxygens (including phenoxy) is 1. The zero-order chi connectivity index (χ0) is 37.6. The van der Waals surface area contributed by atoms with Crippen LogP contribution in [0.1, 0.15) is 34.8 Å². The van der Waals surface area contributed by atoms with Crippen molar-refractivity contribution in [2.45, 2.75) is 55.4 Å². The molecule has 1 unspecified atom stereocenters. The summed E-state index contributed by atoms with van der Waals surface area (Å²) in [4.78, 5) is 23.6. The molecule has 0 saturated heterocycles. The van der Waals surface area contributed by atoms with Gasteiger partial charge in [-0.05, 0) is 77.9 Å². The van der Waals surface area contributed by atoms with E-state index in [-0.39, 0.29) is 20.3 Å². The van der Waals surface area contributed by atoms with Crippen molar-refractivity contribution in [2.75, 3.05) is 6.61 Å². The molecule has 4 aromatic rings. The van der Waals surface area contributed by atoms with Crippen LogP contribution in [0.3, 0.4) is 0 Å². The second-order valence-corrected chi connectivity index (χ2v) is 17.5. The van der Waals surface area contributed by atoms with Gasteiger partial charge in [0.2, 0.25) is 9.84 Å². The predicted octanol–water partition coefficient (Wildman–Crippen LogP) is 8.07. The van der Waals surface area contributed by atoms with E-state index in [0.717, 1.165) is 18.2 Å². The summed E-state index contributed by atoms with van der Waals surface area (Å²) < 4.78 is 152. The molecule has 0 amide bonds. The molecule has 51 heavy (non-hydrogen) atoms. The molecule has 1 aliphatic heterocycles. The standard InChI is InChI=1S/C34H26F6O8S3/c1-21(2)32(42)47-18-17-30(35)34(39,40)51(45,46)48-49(23-9-5-3-6-10-23,24-11-7-4-8-12-24)25-14-16-29-27(20-25)31(41)26-19-22(33(36,37)38)13-15-28(26)50(29,43)44/h3-16,19-20,30H,1,17-18H2,2H3. The molecule has 0 spiro atoms. The number of alkyl halides is 6. The third-order valence-corrected chi connectivity index (χ3v) is 14.8. The summed E-state index contributed by atoms with van der Waals surface area (Å²) in [5, 5.41) is -5.26. The maximum atomic E-state index is 15.6. The lowest BCUT2D eigenvalue weighted by molar-refractivity contribution is -0.140. The quantitative estimate of drug-likeness (QED) is 0.0752. The number of carbonyl (C=O) groups excluding carboxylic acids is 2. The zero-order valence-electron chi connectivity index (χ0n) is 26.2. The molecular weight excluding hydrogens is 747 g/mol. The second-order valence-electron chi connectivity index (χ2n) is 11.1. The van der Waals surface area contributed by atoms with Crippen LogP contribution in [0.2, 0.25) is 0 Å². The van der Waals surface area contributed by atoms with Crippen LogP contribution in [0.25, 0.3) is 0 Å². The van der Waals surface area contributed by atoms with Crippen LogP contribution in [0, 0.1) is 0 Å². The minimum absolute atomic E-state index is 0.0767. The van der Waals surface area contributed by atoms with Crippen LogP contribution in [0.4, 0.5) is 26.3 Å². The summed E-state index contributed by atoms with van der Waals surface area (Å²) in [6.45, 7) is 3.61. The van der Waals surface area contributed by atoms with Crippen LogP contribution in [0.15, 0.2) is 134 Å². The van der Waals surface area contributed by atoms with Crippen LogP contribution >= 0.6 is 10.3 Å². The van der Waals surface area contributed by atoms with Gasteiger partial charge in [0.25, 0.3) is 0 Å². The molecular formula is C34H26F6O8S3. The number of benzene rings is 4. The van der Waals surface area contributed by atoms with Crippen molar-refractivity contribution in [3.05, 3.63) is 126 Å². The summed E-state index contributed by atoms with van der Waals surface area (Å²) in [7, 11) is -15.0. The van der Waals surface area contributed by atoms with Crippen molar-refractivity contribution in [2.24, 2.45) is 0 Å². The van der Waals surface area contributed by atoms with Crippen molar-refractivity contribution in [3.63, 3.8) is 0 Å². The Balaban J connectivity index is 1.71. The molecule has 0 aliphatic carbocycles.